The zero-order valence-corrected chi connectivity index (χ0v) is 8.18. The molecular formula is C9H6ClNOS. The minimum absolute atomic E-state index is 0.0160. The maximum atomic E-state index is 11.3. The van der Waals surface area contributed by atoms with E-state index in [1.54, 1.807) is 28.3 Å². The van der Waals surface area contributed by atoms with Gasteiger partial charge in [-0.2, -0.15) is 0 Å². The van der Waals surface area contributed by atoms with Crippen LogP contribution in [0.25, 0.3) is 5.69 Å². The second kappa shape index (κ2) is 3.36. The van der Waals surface area contributed by atoms with E-state index < -0.39 is 0 Å². The largest absolute Gasteiger partial charge is 0.311 e. The number of rotatable bonds is 1. The Kier molecular flexibility index (Phi) is 2.20. The Bertz CT molecular complexity index is 457. The van der Waals surface area contributed by atoms with Crippen LogP contribution < -0.4 is 4.87 Å². The highest BCUT2D eigenvalue weighted by Crippen LogP contribution is 2.12. The maximum absolute atomic E-state index is 11.3. The third kappa shape index (κ3) is 1.66. The van der Waals surface area contributed by atoms with Crippen molar-refractivity contribution in [1.82, 2.24) is 4.57 Å². The van der Waals surface area contributed by atoms with E-state index in [0.717, 1.165) is 5.69 Å². The lowest BCUT2D eigenvalue weighted by Crippen LogP contribution is -2.08. The molecule has 0 radical (unpaired) electrons. The summed E-state index contributed by atoms with van der Waals surface area (Å²) in [4.78, 5) is 11.3. The molecule has 0 saturated carbocycles. The van der Waals surface area contributed by atoms with E-state index in [4.69, 9.17) is 11.6 Å². The molecule has 1 heterocycles. The zero-order valence-electron chi connectivity index (χ0n) is 6.61. The van der Waals surface area contributed by atoms with Crippen molar-refractivity contribution < 1.29 is 0 Å². The van der Waals surface area contributed by atoms with Crippen molar-refractivity contribution in [2.75, 3.05) is 0 Å². The van der Waals surface area contributed by atoms with Crippen LogP contribution in [0, 0.1) is 0 Å². The monoisotopic (exact) mass is 211 g/mol. The van der Waals surface area contributed by atoms with Crippen LogP contribution in [0.4, 0.5) is 0 Å². The van der Waals surface area contributed by atoms with Gasteiger partial charge in [-0.15, -0.1) is 0 Å². The summed E-state index contributed by atoms with van der Waals surface area (Å²) in [5.41, 5.74) is 0.843. The summed E-state index contributed by atoms with van der Waals surface area (Å²) in [5, 5.41) is 2.43. The topological polar surface area (TPSA) is 22.0 Å². The summed E-state index contributed by atoms with van der Waals surface area (Å²) in [6.07, 6.45) is 1.75. The van der Waals surface area contributed by atoms with E-state index in [1.807, 2.05) is 12.1 Å². The fourth-order valence-electron chi connectivity index (χ4n) is 1.06. The lowest BCUT2D eigenvalue weighted by atomic mass is 10.3. The molecule has 0 saturated heterocycles. The average Bonchev–Trinajstić information content (AvgIpc) is 2.53. The van der Waals surface area contributed by atoms with Gasteiger partial charge in [-0.25, -0.2) is 0 Å². The van der Waals surface area contributed by atoms with Crippen molar-refractivity contribution in [2.45, 2.75) is 0 Å². The van der Waals surface area contributed by atoms with Gasteiger partial charge in [0.25, 0.3) is 0 Å². The van der Waals surface area contributed by atoms with E-state index in [0.29, 0.717) is 5.02 Å². The van der Waals surface area contributed by atoms with Crippen molar-refractivity contribution in [1.29, 1.82) is 0 Å². The van der Waals surface area contributed by atoms with Crippen LogP contribution in [-0.4, -0.2) is 4.57 Å². The first-order valence-electron chi connectivity index (χ1n) is 3.69. The summed E-state index contributed by atoms with van der Waals surface area (Å²) >= 11 is 6.91. The number of hydrogen-bond donors (Lipinski definition) is 0. The molecule has 0 aliphatic carbocycles. The first kappa shape index (κ1) is 8.53. The number of halogens is 1. The van der Waals surface area contributed by atoms with Gasteiger partial charge in [-0.3, -0.25) is 9.36 Å². The molecule has 0 spiro atoms. The molecule has 2 rings (SSSR count). The van der Waals surface area contributed by atoms with Crippen LogP contribution in [0.15, 0.2) is 40.6 Å². The molecule has 13 heavy (non-hydrogen) atoms. The second-order valence-electron chi connectivity index (χ2n) is 2.52. The van der Waals surface area contributed by atoms with E-state index in [9.17, 15) is 4.79 Å². The molecule has 0 unspecified atom stereocenters. The van der Waals surface area contributed by atoms with Crippen molar-refractivity contribution in [2.24, 2.45) is 0 Å². The molecule has 66 valence electrons. The van der Waals surface area contributed by atoms with E-state index in [1.165, 1.54) is 11.3 Å². The third-order valence-corrected chi connectivity index (χ3v) is 2.59. The highest BCUT2D eigenvalue weighted by Gasteiger charge is 1.98. The molecule has 1 aromatic heterocycles. The van der Waals surface area contributed by atoms with Gasteiger partial charge in [-0.05, 0) is 24.3 Å². The van der Waals surface area contributed by atoms with Gasteiger partial charge in [-0.1, -0.05) is 22.9 Å². The summed E-state index contributed by atoms with van der Waals surface area (Å²) in [7, 11) is 0. The van der Waals surface area contributed by atoms with Crippen LogP contribution >= 0.6 is 22.9 Å². The number of nitrogens with zero attached hydrogens (tertiary/aromatic N) is 1. The maximum Gasteiger partial charge on any atom is 0.311 e. The first-order chi connectivity index (χ1) is 6.27. The van der Waals surface area contributed by atoms with Crippen LogP contribution in [0.1, 0.15) is 0 Å². The predicted molar refractivity (Wildman–Crippen MR) is 54.9 cm³/mol. The van der Waals surface area contributed by atoms with Gasteiger partial charge in [0.2, 0.25) is 0 Å². The second-order valence-corrected chi connectivity index (χ2v) is 3.81. The number of benzene rings is 1. The van der Waals surface area contributed by atoms with Crippen LogP contribution in [0.5, 0.6) is 0 Å². The summed E-state index contributed by atoms with van der Waals surface area (Å²) in [5.74, 6) is 0. The normalized spacial score (nSPS) is 10.2. The summed E-state index contributed by atoms with van der Waals surface area (Å²) in [6.45, 7) is 0. The number of hydrogen-bond acceptors (Lipinski definition) is 2. The Morgan fingerprint density at radius 1 is 1.23 bits per heavy atom. The minimum atomic E-state index is 0.0160. The number of aromatic nitrogens is 1. The molecule has 4 heteroatoms. The molecule has 1 aromatic carbocycles. The van der Waals surface area contributed by atoms with Crippen LogP contribution in [-0.2, 0) is 0 Å². The average molecular weight is 212 g/mol. The van der Waals surface area contributed by atoms with Crippen molar-refractivity contribution >= 4 is 22.9 Å². The number of thiazole rings is 1. The molecule has 0 amide bonds. The first-order valence-corrected chi connectivity index (χ1v) is 4.95. The molecule has 0 atom stereocenters. The highest BCUT2D eigenvalue weighted by molar-refractivity contribution is 7.07. The highest BCUT2D eigenvalue weighted by atomic mass is 35.5. The Labute approximate surface area is 84.0 Å². The smallest absolute Gasteiger partial charge is 0.275 e. The molecule has 0 aliphatic heterocycles. The predicted octanol–water partition coefficient (Wildman–Crippen LogP) is 2.55. The lowest BCUT2D eigenvalue weighted by molar-refractivity contribution is 1.04. The molecule has 0 N–H and O–H groups in total. The van der Waals surface area contributed by atoms with Gasteiger partial charge in [0.15, 0.2) is 0 Å². The zero-order chi connectivity index (χ0) is 9.26. The van der Waals surface area contributed by atoms with Crippen molar-refractivity contribution in [3.8, 4) is 5.69 Å². The molecule has 0 fully saturated rings. The minimum Gasteiger partial charge on any atom is -0.275 e. The summed E-state index contributed by atoms with van der Waals surface area (Å²) < 4.78 is 1.58. The molecule has 2 aromatic rings. The Morgan fingerprint density at radius 2 is 1.92 bits per heavy atom. The molecular weight excluding hydrogens is 206 g/mol. The molecule has 0 aliphatic rings. The molecule has 2 nitrogen and oxygen atoms in total. The van der Waals surface area contributed by atoms with Gasteiger partial charge in [0.1, 0.15) is 0 Å². The lowest BCUT2D eigenvalue weighted by Gasteiger charge is -1.99. The van der Waals surface area contributed by atoms with Gasteiger partial charge in [0, 0.05) is 22.3 Å². The van der Waals surface area contributed by atoms with Crippen LogP contribution in [0.3, 0.4) is 0 Å². The van der Waals surface area contributed by atoms with Crippen molar-refractivity contribution in [3.05, 3.63) is 50.5 Å². The SMILES string of the molecule is O=c1sccn1-c1ccc(Cl)cc1. The quantitative estimate of drug-likeness (QED) is 0.711. The van der Waals surface area contributed by atoms with Crippen LogP contribution in [0.2, 0.25) is 5.02 Å². The fourth-order valence-corrected chi connectivity index (χ4v) is 1.77. The fraction of sp³-hybridized carbons (Fsp3) is 0. The summed E-state index contributed by atoms with van der Waals surface area (Å²) in [6, 6.07) is 7.16. The Balaban J connectivity index is 2.54. The van der Waals surface area contributed by atoms with Gasteiger partial charge < -0.3 is 0 Å². The van der Waals surface area contributed by atoms with E-state index in [-0.39, 0.29) is 4.87 Å². The Morgan fingerprint density at radius 3 is 2.46 bits per heavy atom. The third-order valence-electron chi connectivity index (χ3n) is 1.68. The standard InChI is InChI=1S/C9H6ClNOS/c10-7-1-3-8(4-2-7)11-5-6-13-9(11)12/h1-6H. The molecule has 0 bridgehead atoms. The van der Waals surface area contributed by atoms with Gasteiger partial charge >= 0.3 is 4.87 Å². The van der Waals surface area contributed by atoms with Crippen molar-refractivity contribution in [3.63, 3.8) is 0 Å². The van der Waals surface area contributed by atoms with E-state index in [2.05, 4.69) is 0 Å². The van der Waals surface area contributed by atoms with E-state index >= 15 is 0 Å². The van der Waals surface area contributed by atoms with Gasteiger partial charge in [0.05, 0.1) is 0 Å². The Hall–Kier alpha value is -1.06.